The lowest BCUT2D eigenvalue weighted by molar-refractivity contribution is 0.306. The van der Waals surface area contributed by atoms with Crippen LogP contribution in [0.3, 0.4) is 0 Å². The third-order valence-electron chi connectivity index (χ3n) is 2.75. The monoisotopic (exact) mass is 191 g/mol. The summed E-state index contributed by atoms with van der Waals surface area (Å²) in [7, 11) is 0. The minimum Gasteiger partial charge on any atom is -0.465 e. The molecule has 2 nitrogen and oxygen atoms in total. The van der Waals surface area contributed by atoms with Gasteiger partial charge in [0.25, 0.3) is 0 Å². The minimum atomic E-state index is 0.926. The maximum Gasteiger partial charge on any atom is 0.126 e. The van der Waals surface area contributed by atoms with Crippen LogP contribution >= 0.6 is 0 Å². The van der Waals surface area contributed by atoms with Crippen LogP contribution in [-0.2, 0) is 0 Å². The van der Waals surface area contributed by atoms with Gasteiger partial charge in [0.15, 0.2) is 0 Å². The van der Waals surface area contributed by atoms with Gasteiger partial charge in [0.2, 0.25) is 0 Å². The molecule has 2 heteroatoms. The highest BCUT2D eigenvalue weighted by Gasteiger charge is 2.15. The Labute approximate surface area is 85.0 Å². The first-order valence-electron chi connectivity index (χ1n) is 5.36. The average molecular weight is 191 g/mol. The van der Waals surface area contributed by atoms with Crippen LogP contribution in [0.2, 0.25) is 0 Å². The summed E-state index contributed by atoms with van der Waals surface area (Å²) in [6.45, 7) is 2.11. The van der Waals surface area contributed by atoms with Crippen LogP contribution in [0, 0.1) is 5.92 Å². The molecule has 0 saturated heterocycles. The molecule has 0 unspecified atom stereocenters. The van der Waals surface area contributed by atoms with Crippen LogP contribution in [0.4, 0.5) is 0 Å². The van der Waals surface area contributed by atoms with Crippen LogP contribution in [0.1, 0.15) is 25.0 Å². The Morgan fingerprint density at radius 1 is 1.50 bits per heavy atom. The van der Waals surface area contributed by atoms with Gasteiger partial charge >= 0.3 is 0 Å². The second-order valence-electron chi connectivity index (χ2n) is 3.87. The van der Waals surface area contributed by atoms with Gasteiger partial charge in [0.1, 0.15) is 5.76 Å². The quantitative estimate of drug-likeness (QED) is 0.724. The van der Waals surface area contributed by atoms with Gasteiger partial charge < -0.3 is 9.73 Å². The number of rotatable bonds is 5. The molecule has 1 heterocycles. The van der Waals surface area contributed by atoms with Gasteiger partial charge in [-0.25, -0.2) is 0 Å². The standard InChI is InChI=1S/C12H17NO/c1-4-11(5-1)10-13-8-2-6-12-7-3-9-14-12/h2-3,6-7,9,11,13H,1,4-5,8,10H2/b6-2+. The molecule has 1 fully saturated rings. The number of furan rings is 1. The zero-order valence-electron chi connectivity index (χ0n) is 8.41. The van der Waals surface area contributed by atoms with Crippen molar-refractivity contribution in [2.24, 2.45) is 5.92 Å². The SMILES string of the molecule is C(=C\c1ccco1)/CNCC1CCC1. The zero-order chi connectivity index (χ0) is 9.64. The molecule has 2 rings (SSSR count). The molecule has 0 bridgehead atoms. The molecular weight excluding hydrogens is 174 g/mol. The van der Waals surface area contributed by atoms with Crippen LogP contribution in [0.25, 0.3) is 6.08 Å². The molecule has 1 aliphatic rings. The highest BCUT2D eigenvalue weighted by molar-refractivity contribution is 5.42. The van der Waals surface area contributed by atoms with Gasteiger partial charge in [0, 0.05) is 6.54 Å². The van der Waals surface area contributed by atoms with E-state index in [9.17, 15) is 0 Å². The lowest BCUT2D eigenvalue weighted by atomic mass is 9.85. The molecule has 1 aromatic heterocycles. The predicted octanol–water partition coefficient (Wildman–Crippen LogP) is 2.68. The van der Waals surface area contributed by atoms with Crippen molar-refractivity contribution in [1.29, 1.82) is 0 Å². The van der Waals surface area contributed by atoms with Gasteiger partial charge in [-0.1, -0.05) is 12.5 Å². The maximum absolute atomic E-state index is 5.18. The molecule has 14 heavy (non-hydrogen) atoms. The third kappa shape index (κ3) is 2.74. The average Bonchev–Trinajstić information content (AvgIpc) is 2.60. The molecule has 0 spiro atoms. The summed E-state index contributed by atoms with van der Waals surface area (Å²) in [5.41, 5.74) is 0. The fraction of sp³-hybridized carbons (Fsp3) is 0.500. The van der Waals surface area contributed by atoms with Crippen molar-refractivity contribution in [3.8, 4) is 0 Å². The summed E-state index contributed by atoms with van der Waals surface area (Å²) in [4.78, 5) is 0. The molecule has 1 N–H and O–H groups in total. The Kier molecular flexibility index (Phi) is 3.41. The van der Waals surface area contributed by atoms with Crippen molar-refractivity contribution in [1.82, 2.24) is 5.32 Å². The maximum atomic E-state index is 5.18. The fourth-order valence-electron chi connectivity index (χ4n) is 1.63. The van der Waals surface area contributed by atoms with Crippen molar-refractivity contribution in [2.45, 2.75) is 19.3 Å². The minimum absolute atomic E-state index is 0.926. The normalized spacial score (nSPS) is 17.4. The Balaban J connectivity index is 1.58. The summed E-state index contributed by atoms with van der Waals surface area (Å²) < 4.78 is 5.18. The lowest BCUT2D eigenvalue weighted by Crippen LogP contribution is -2.27. The van der Waals surface area contributed by atoms with Crippen molar-refractivity contribution in [3.05, 3.63) is 30.2 Å². The first-order valence-corrected chi connectivity index (χ1v) is 5.36. The van der Waals surface area contributed by atoms with E-state index in [2.05, 4.69) is 11.4 Å². The first-order chi connectivity index (χ1) is 6.95. The lowest BCUT2D eigenvalue weighted by Gasteiger charge is -2.25. The largest absolute Gasteiger partial charge is 0.465 e. The summed E-state index contributed by atoms with van der Waals surface area (Å²) in [6.07, 6.45) is 10.1. The number of hydrogen-bond acceptors (Lipinski definition) is 2. The van der Waals surface area contributed by atoms with Crippen molar-refractivity contribution in [2.75, 3.05) is 13.1 Å². The Morgan fingerprint density at radius 2 is 2.43 bits per heavy atom. The molecule has 1 aliphatic carbocycles. The Hall–Kier alpha value is -1.02. The predicted molar refractivity (Wildman–Crippen MR) is 58.0 cm³/mol. The van der Waals surface area contributed by atoms with Crippen LogP contribution in [-0.4, -0.2) is 13.1 Å². The first kappa shape index (κ1) is 9.53. The number of nitrogens with one attached hydrogen (secondary N) is 1. The smallest absolute Gasteiger partial charge is 0.126 e. The van der Waals surface area contributed by atoms with Crippen molar-refractivity contribution >= 4 is 6.08 Å². The van der Waals surface area contributed by atoms with Crippen molar-refractivity contribution in [3.63, 3.8) is 0 Å². The second-order valence-corrected chi connectivity index (χ2v) is 3.87. The molecule has 0 amide bonds. The van der Waals surface area contributed by atoms with Gasteiger partial charge in [-0.05, 0) is 43.5 Å². The molecule has 76 valence electrons. The van der Waals surface area contributed by atoms with E-state index in [0.29, 0.717) is 0 Å². The van der Waals surface area contributed by atoms with Gasteiger partial charge in [-0.15, -0.1) is 0 Å². The fourth-order valence-corrected chi connectivity index (χ4v) is 1.63. The zero-order valence-corrected chi connectivity index (χ0v) is 8.41. The van der Waals surface area contributed by atoms with E-state index in [4.69, 9.17) is 4.42 Å². The molecule has 0 atom stereocenters. The van der Waals surface area contributed by atoms with E-state index < -0.39 is 0 Å². The molecule has 0 radical (unpaired) electrons. The van der Waals surface area contributed by atoms with Gasteiger partial charge in [0.05, 0.1) is 6.26 Å². The third-order valence-corrected chi connectivity index (χ3v) is 2.75. The van der Waals surface area contributed by atoms with Crippen molar-refractivity contribution < 1.29 is 4.42 Å². The van der Waals surface area contributed by atoms with Gasteiger partial charge in [-0.2, -0.15) is 0 Å². The summed E-state index contributed by atoms with van der Waals surface area (Å²) >= 11 is 0. The van der Waals surface area contributed by atoms with E-state index in [1.165, 1.54) is 25.8 Å². The highest BCUT2D eigenvalue weighted by Crippen LogP contribution is 2.24. The summed E-state index contributed by atoms with van der Waals surface area (Å²) in [6, 6.07) is 3.86. The molecule has 0 aliphatic heterocycles. The van der Waals surface area contributed by atoms with E-state index in [0.717, 1.165) is 18.2 Å². The van der Waals surface area contributed by atoms with E-state index in [1.54, 1.807) is 6.26 Å². The molecule has 0 aromatic carbocycles. The highest BCUT2D eigenvalue weighted by atomic mass is 16.3. The van der Waals surface area contributed by atoms with Gasteiger partial charge in [-0.3, -0.25) is 0 Å². The molecular formula is C12H17NO. The topological polar surface area (TPSA) is 25.2 Å². The Bertz CT molecular complexity index is 273. The molecule has 1 saturated carbocycles. The van der Waals surface area contributed by atoms with E-state index in [-0.39, 0.29) is 0 Å². The van der Waals surface area contributed by atoms with E-state index in [1.807, 2.05) is 18.2 Å². The van der Waals surface area contributed by atoms with Crippen LogP contribution in [0.5, 0.6) is 0 Å². The Morgan fingerprint density at radius 3 is 3.07 bits per heavy atom. The van der Waals surface area contributed by atoms with Crippen LogP contribution < -0.4 is 5.32 Å². The van der Waals surface area contributed by atoms with Crippen LogP contribution in [0.15, 0.2) is 28.9 Å². The molecule has 1 aromatic rings. The summed E-state index contributed by atoms with van der Waals surface area (Å²) in [5, 5.41) is 3.42. The second kappa shape index (κ2) is 5.01. The van der Waals surface area contributed by atoms with E-state index >= 15 is 0 Å². The number of hydrogen-bond donors (Lipinski definition) is 1. The summed E-state index contributed by atoms with van der Waals surface area (Å²) in [5.74, 6) is 1.86.